The van der Waals surface area contributed by atoms with E-state index in [2.05, 4.69) is 68.8 Å². The number of piperidine rings is 1. The van der Waals surface area contributed by atoms with Gasteiger partial charge in [-0.2, -0.15) is 0 Å². The fourth-order valence-electron chi connectivity index (χ4n) is 8.03. The Kier molecular flexibility index (Phi) is 7.47. The summed E-state index contributed by atoms with van der Waals surface area (Å²) < 4.78 is 6.41. The third-order valence-corrected chi connectivity index (χ3v) is 25.5. The summed E-state index contributed by atoms with van der Waals surface area (Å²) in [6.45, 7) is 12.6. The first-order valence-corrected chi connectivity index (χ1v) is 21.9. The minimum absolute atomic E-state index is 0.520. The molecule has 3 fully saturated rings. The summed E-state index contributed by atoms with van der Waals surface area (Å²) >= 11 is -2.44. The Morgan fingerprint density at radius 1 is 1.06 bits per heavy atom. The summed E-state index contributed by atoms with van der Waals surface area (Å²) in [4.78, 5) is 7.67. The fraction of sp³-hybridized carbons (Fsp3) is 0.645. The van der Waals surface area contributed by atoms with Crippen molar-refractivity contribution in [2.45, 2.75) is 103 Å². The van der Waals surface area contributed by atoms with Crippen LogP contribution in [-0.4, -0.2) is 46.4 Å². The van der Waals surface area contributed by atoms with Crippen LogP contribution in [0.4, 0.5) is 0 Å². The molecular formula is C31H46N2Sn. The molecule has 0 bridgehead atoms. The third-order valence-electron chi connectivity index (χ3n) is 9.94. The van der Waals surface area contributed by atoms with Gasteiger partial charge in [0.1, 0.15) is 0 Å². The second kappa shape index (κ2) is 10.2. The molecule has 3 heterocycles. The quantitative estimate of drug-likeness (QED) is 0.185. The summed E-state index contributed by atoms with van der Waals surface area (Å²) in [7, 11) is 0. The van der Waals surface area contributed by atoms with Crippen molar-refractivity contribution in [1.29, 1.82) is 0 Å². The molecule has 184 valence electrons. The van der Waals surface area contributed by atoms with E-state index >= 15 is 0 Å². The van der Waals surface area contributed by atoms with Crippen LogP contribution in [0.5, 0.6) is 0 Å². The summed E-state index contributed by atoms with van der Waals surface area (Å²) in [5, 5.41) is 1.47. The first-order valence-electron chi connectivity index (χ1n) is 14.4. The maximum absolute atomic E-state index is 4.81. The van der Waals surface area contributed by atoms with Gasteiger partial charge >= 0.3 is 213 Å². The van der Waals surface area contributed by atoms with Crippen molar-refractivity contribution < 1.29 is 0 Å². The van der Waals surface area contributed by atoms with E-state index in [-0.39, 0.29) is 0 Å². The molecule has 1 saturated carbocycles. The number of aromatic nitrogens is 1. The molecule has 2 aliphatic heterocycles. The predicted molar refractivity (Wildman–Crippen MR) is 150 cm³/mol. The molecule has 4 unspecified atom stereocenters. The van der Waals surface area contributed by atoms with Crippen LogP contribution in [0.15, 0.2) is 43.1 Å². The molecule has 1 aromatic heterocycles. The molecule has 4 atom stereocenters. The molecule has 1 aromatic carbocycles. The SMILES string of the molecule is C=CC1C2CCN3C(Cc4ccnc5cc[c]([Sn]([CH2]CCC)([CH2]CCC)[CH2]CCC)cc45)CC123. The van der Waals surface area contributed by atoms with Gasteiger partial charge < -0.3 is 0 Å². The van der Waals surface area contributed by atoms with Gasteiger partial charge in [0.25, 0.3) is 0 Å². The summed E-state index contributed by atoms with van der Waals surface area (Å²) in [6.07, 6.45) is 16.5. The number of fused-ring (bicyclic) bond motifs is 1. The molecule has 2 saturated heterocycles. The van der Waals surface area contributed by atoms with Crippen molar-refractivity contribution in [2.75, 3.05) is 6.54 Å². The first-order chi connectivity index (χ1) is 16.6. The number of rotatable bonds is 13. The Morgan fingerprint density at radius 2 is 1.76 bits per heavy atom. The second-order valence-electron chi connectivity index (χ2n) is 11.7. The summed E-state index contributed by atoms with van der Waals surface area (Å²) in [5.41, 5.74) is 3.28. The molecule has 0 amide bonds. The van der Waals surface area contributed by atoms with Crippen LogP contribution in [-0.2, 0) is 6.42 Å². The van der Waals surface area contributed by atoms with Crippen LogP contribution in [0.2, 0.25) is 13.3 Å². The normalized spacial score (nSPS) is 27.9. The van der Waals surface area contributed by atoms with Crippen LogP contribution >= 0.6 is 0 Å². The van der Waals surface area contributed by atoms with E-state index in [0.29, 0.717) is 5.54 Å². The predicted octanol–water partition coefficient (Wildman–Crippen LogP) is 7.48. The van der Waals surface area contributed by atoms with Gasteiger partial charge in [0.05, 0.1) is 0 Å². The van der Waals surface area contributed by atoms with Gasteiger partial charge in [-0.25, -0.2) is 0 Å². The molecule has 34 heavy (non-hydrogen) atoms. The molecule has 2 aromatic rings. The monoisotopic (exact) mass is 566 g/mol. The number of hydrogen-bond acceptors (Lipinski definition) is 2. The van der Waals surface area contributed by atoms with Gasteiger partial charge in [0.15, 0.2) is 0 Å². The molecule has 1 spiro atoms. The Bertz CT molecular complexity index is 994. The number of benzene rings is 1. The Hall–Kier alpha value is -0.871. The van der Waals surface area contributed by atoms with Gasteiger partial charge in [0.2, 0.25) is 0 Å². The maximum atomic E-state index is 4.81. The van der Waals surface area contributed by atoms with E-state index in [1.807, 2.05) is 0 Å². The van der Waals surface area contributed by atoms with E-state index in [9.17, 15) is 0 Å². The van der Waals surface area contributed by atoms with E-state index in [1.165, 1.54) is 88.5 Å². The average molecular weight is 565 g/mol. The molecule has 0 N–H and O–H groups in total. The van der Waals surface area contributed by atoms with Gasteiger partial charge in [-0.3, -0.25) is 0 Å². The van der Waals surface area contributed by atoms with Crippen molar-refractivity contribution in [3.63, 3.8) is 0 Å². The summed E-state index contributed by atoms with van der Waals surface area (Å²) in [6, 6.07) is 10.6. The van der Waals surface area contributed by atoms with Crippen molar-refractivity contribution >= 4 is 32.9 Å². The van der Waals surface area contributed by atoms with Gasteiger partial charge in [-0.15, -0.1) is 0 Å². The molecule has 1 aliphatic carbocycles. The fourth-order valence-corrected chi connectivity index (χ4v) is 24.0. The summed E-state index contributed by atoms with van der Waals surface area (Å²) in [5.74, 6) is 1.68. The van der Waals surface area contributed by atoms with Crippen LogP contribution in [0.25, 0.3) is 10.9 Å². The van der Waals surface area contributed by atoms with Crippen molar-refractivity contribution in [2.24, 2.45) is 11.8 Å². The van der Waals surface area contributed by atoms with Crippen LogP contribution in [0.1, 0.15) is 77.7 Å². The van der Waals surface area contributed by atoms with Crippen molar-refractivity contribution in [3.8, 4) is 0 Å². The van der Waals surface area contributed by atoms with Crippen LogP contribution < -0.4 is 3.58 Å². The number of pyridine rings is 1. The zero-order valence-corrected chi connectivity index (χ0v) is 24.8. The molecule has 3 aliphatic rings. The zero-order valence-electron chi connectivity index (χ0n) is 22.0. The van der Waals surface area contributed by atoms with Crippen LogP contribution in [0, 0.1) is 11.8 Å². The third kappa shape index (κ3) is 4.09. The molecular weight excluding hydrogens is 519 g/mol. The Labute approximate surface area is 212 Å². The molecule has 5 rings (SSSR count). The van der Waals surface area contributed by atoms with Crippen LogP contribution in [0.3, 0.4) is 0 Å². The Balaban J connectivity index is 1.44. The standard InChI is InChI=1S/C19H19N2.3C4H9.Sn/c1-2-16-17-8-10-21-14(12-19(16,17)21)11-13-7-9-20-18-6-4-3-5-15(13)18;3*1-3-4-2;/h2,4-7,9,14,16-17H,1,8,10-12H2;3*1,3-4H2,2H3;. The molecule has 3 heteroatoms. The zero-order chi connectivity index (χ0) is 23.8. The van der Waals surface area contributed by atoms with E-state index in [4.69, 9.17) is 4.98 Å². The van der Waals surface area contributed by atoms with Gasteiger partial charge in [0, 0.05) is 0 Å². The first kappa shape index (κ1) is 24.8. The van der Waals surface area contributed by atoms with E-state index in [1.54, 1.807) is 9.14 Å². The average Bonchev–Trinajstić information content (AvgIpc) is 3.42. The Morgan fingerprint density at radius 3 is 2.38 bits per heavy atom. The number of hydrogen-bond donors (Lipinski definition) is 0. The number of nitrogens with zero attached hydrogens (tertiary/aromatic N) is 2. The van der Waals surface area contributed by atoms with Gasteiger partial charge in [-0.05, 0) is 0 Å². The van der Waals surface area contributed by atoms with E-state index < -0.39 is 18.4 Å². The molecule has 0 radical (unpaired) electrons. The second-order valence-corrected chi connectivity index (χ2v) is 24.9. The topological polar surface area (TPSA) is 16.1 Å². The van der Waals surface area contributed by atoms with Gasteiger partial charge in [-0.1, -0.05) is 0 Å². The van der Waals surface area contributed by atoms with E-state index in [0.717, 1.165) is 17.9 Å². The van der Waals surface area contributed by atoms with Crippen molar-refractivity contribution in [1.82, 2.24) is 9.88 Å². The minimum atomic E-state index is -2.44. The van der Waals surface area contributed by atoms with Crippen molar-refractivity contribution in [3.05, 3.63) is 48.7 Å². The molecule has 2 nitrogen and oxygen atoms in total. The number of unbranched alkanes of at least 4 members (excludes halogenated alkanes) is 3.